The third-order valence-electron chi connectivity index (χ3n) is 6.80. The highest BCUT2D eigenvalue weighted by Crippen LogP contribution is 2.33. The molecule has 0 aliphatic carbocycles. The van der Waals surface area contributed by atoms with Crippen LogP contribution in [-0.4, -0.2) is 93.0 Å². The number of halogens is 3. The van der Waals surface area contributed by atoms with Crippen LogP contribution in [0.4, 0.5) is 29.5 Å². The number of aliphatic hydroxyl groups excluding tert-OH is 1. The lowest BCUT2D eigenvalue weighted by Gasteiger charge is -2.28. The number of carbonyl (C=O) groups is 1. The number of aryl methyl sites for hydroxylation is 1. The van der Waals surface area contributed by atoms with Crippen LogP contribution in [0.2, 0.25) is 0 Å². The molecule has 2 saturated heterocycles. The maximum atomic E-state index is 12.8. The number of rotatable bonds is 9. The number of nitrogens with one attached hydrogen (secondary N) is 1. The second-order valence-corrected chi connectivity index (χ2v) is 9.95. The molecular formula is C27H35F3N4O5. The van der Waals surface area contributed by atoms with Crippen molar-refractivity contribution >= 4 is 17.5 Å². The number of benzene rings is 1. The van der Waals surface area contributed by atoms with Crippen molar-refractivity contribution in [2.45, 2.75) is 32.0 Å². The maximum absolute atomic E-state index is 12.8. The summed E-state index contributed by atoms with van der Waals surface area (Å²) in [7, 11) is 1.50. The van der Waals surface area contributed by atoms with Crippen molar-refractivity contribution in [2.24, 2.45) is 5.92 Å². The summed E-state index contributed by atoms with van der Waals surface area (Å²) in [4.78, 5) is 21.0. The number of methoxy groups -OCH3 is 1. The molecule has 9 nitrogen and oxygen atoms in total. The van der Waals surface area contributed by atoms with E-state index in [1.807, 2.05) is 25.1 Å². The largest absolute Gasteiger partial charge is 0.475 e. The van der Waals surface area contributed by atoms with Gasteiger partial charge in [0, 0.05) is 51.5 Å². The quantitative estimate of drug-likeness (QED) is 0.484. The minimum absolute atomic E-state index is 0.00703. The SMILES string of the molecule is COCC(O)COc1cc(-c2cc(NC(=O)N3CC[C@@H](CC(F)(F)F)C3)ccc2C)cc(N2CCOCC2)n1. The Bertz CT molecular complexity index is 1130. The molecule has 3 heterocycles. The van der Waals surface area contributed by atoms with E-state index in [1.165, 1.54) is 12.0 Å². The number of urea groups is 1. The van der Waals surface area contributed by atoms with Crippen LogP contribution in [0, 0.1) is 12.8 Å². The molecule has 1 aromatic heterocycles. The summed E-state index contributed by atoms with van der Waals surface area (Å²) in [6.45, 7) is 4.94. The Balaban J connectivity index is 1.54. The molecule has 2 N–H and O–H groups in total. The van der Waals surface area contributed by atoms with E-state index in [0.29, 0.717) is 50.1 Å². The molecule has 0 saturated carbocycles. The highest BCUT2D eigenvalue weighted by atomic mass is 19.4. The van der Waals surface area contributed by atoms with Gasteiger partial charge in [0.15, 0.2) is 0 Å². The monoisotopic (exact) mass is 552 g/mol. The number of hydrogen-bond acceptors (Lipinski definition) is 7. The Morgan fingerprint density at radius 3 is 2.69 bits per heavy atom. The number of nitrogens with zero attached hydrogens (tertiary/aromatic N) is 3. The topological polar surface area (TPSA) is 96.4 Å². The van der Waals surface area contributed by atoms with Gasteiger partial charge in [-0.25, -0.2) is 4.79 Å². The van der Waals surface area contributed by atoms with Gasteiger partial charge < -0.3 is 34.4 Å². The van der Waals surface area contributed by atoms with Crippen LogP contribution in [0.1, 0.15) is 18.4 Å². The van der Waals surface area contributed by atoms with Crippen molar-refractivity contribution in [1.29, 1.82) is 0 Å². The third-order valence-corrected chi connectivity index (χ3v) is 6.80. The Kier molecular flexibility index (Phi) is 9.52. The van der Waals surface area contributed by atoms with E-state index in [2.05, 4.69) is 15.2 Å². The van der Waals surface area contributed by atoms with E-state index in [0.717, 1.165) is 16.7 Å². The standard InChI is InChI=1S/C27H35F3N4O5/c1-18-3-4-21(31-26(36)34-6-5-19(15-34)14-27(28,29)30)13-23(18)20-11-24(33-7-9-38-10-8-33)32-25(12-20)39-17-22(35)16-37-2/h3-4,11-13,19,22,35H,5-10,14-17H2,1-2H3,(H,31,36)/t19-,22?/m0/s1. The number of ether oxygens (including phenoxy) is 3. The predicted octanol–water partition coefficient (Wildman–Crippen LogP) is 4.09. The zero-order chi connectivity index (χ0) is 28.0. The van der Waals surface area contributed by atoms with Gasteiger partial charge in [0.2, 0.25) is 5.88 Å². The van der Waals surface area contributed by atoms with Gasteiger partial charge >= 0.3 is 12.2 Å². The Labute approximate surface area is 225 Å². The molecule has 2 aliphatic rings. The Morgan fingerprint density at radius 2 is 1.97 bits per heavy atom. The van der Waals surface area contributed by atoms with E-state index in [1.54, 1.807) is 12.1 Å². The number of pyridine rings is 1. The summed E-state index contributed by atoms with van der Waals surface area (Å²) in [6, 6.07) is 8.77. The molecule has 2 atom stereocenters. The number of morpholine rings is 1. The molecule has 1 aromatic carbocycles. The molecule has 2 aromatic rings. The average molecular weight is 553 g/mol. The number of anilines is 2. The number of alkyl halides is 3. The van der Waals surface area contributed by atoms with Gasteiger partial charge in [-0.15, -0.1) is 0 Å². The molecule has 2 amide bonds. The van der Waals surface area contributed by atoms with Crippen molar-refractivity contribution in [2.75, 3.05) is 69.9 Å². The number of aromatic nitrogens is 1. The Morgan fingerprint density at radius 1 is 1.21 bits per heavy atom. The fraction of sp³-hybridized carbons (Fsp3) is 0.556. The van der Waals surface area contributed by atoms with Crippen LogP contribution in [0.15, 0.2) is 30.3 Å². The molecule has 0 radical (unpaired) electrons. The van der Waals surface area contributed by atoms with Crippen LogP contribution in [-0.2, 0) is 9.47 Å². The number of carbonyl (C=O) groups excluding carboxylic acids is 1. The highest BCUT2D eigenvalue weighted by molar-refractivity contribution is 5.90. The number of likely N-dealkylation sites (tertiary alicyclic amines) is 1. The molecule has 0 spiro atoms. The van der Waals surface area contributed by atoms with Crippen LogP contribution < -0.4 is 15.0 Å². The minimum Gasteiger partial charge on any atom is -0.475 e. The predicted molar refractivity (Wildman–Crippen MR) is 140 cm³/mol. The first-order valence-corrected chi connectivity index (χ1v) is 13.0. The van der Waals surface area contributed by atoms with Crippen molar-refractivity contribution in [3.8, 4) is 17.0 Å². The van der Waals surface area contributed by atoms with Gasteiger partial charge in [0.05, 0.1) is 19.8 Å². The van der Waals surface area contributed by atoms with Gasteiger partial charge in [-0.2, -0.15) is 18.2 Å². The molecule has 214 valence electrons. The zero-order valence-corrected chi connectivity index (χ0v) is 22.2. The minimum atomic E-state index is -4.24. The normalized spacial score (nSPS) is 18.8. The summed E-state index contributed by atoms with van der Waals surface area (Å²) < 4.78 is 54.5. The fourth-order valence-electron chi connectivity index (χ4n) is 4.82. The van der Waals surface area contributed by atoms with Crippen LogP contribution in [0.3, 0.4) is 0 Å². The van der Waals surface area contributed by atoms with E-state index >= 15 is 0 Å². The summed E-state index contributed by atoms with van der Waals surface area (Å²) in [6.07, 6.45) is -5.60. The van der Waals surface area contributed by atoms with Crippen LogP contribution in [0.25, 0.3) is 11.1 Å². The van der Waals surface area contributed by atoms with E-state index in [9.17, 15) is 23.1 Å². The highest BCUT2D eigenvalue weighted by Gasteiger charge is 2.36. The molecule has 2 fully saturated rings. The number of aliphatic hydroxyl groups is 1. The van der Waals surface area contributed by atoms with Crippen molar-refractivity contribution < 1.29 is 37.3 Å². The molecular weight excluding hydrogens is 517 g/mol. The first-order chi connectivity index (χ1) is 18.6. The Hall–Kier alpha value is -3.09. The lowest BCUT2D eigenvalue weighted by molar-refractivity contribution is -0.143. The van der Waals surface area contributed by atoms with Gasteiger partial charge in [-0.3, -0.25) is 0 Å². The van der Waals surface area contributed by atoms with Crippen molar-refractivity contribution in [1.82, 2.24) is 9.88 Å². The molecule has 4 rings (SSSR count). The summed E-state index contributed by atoms with van der Waals surface area (Å²) in [5.41, 5.74) is 3.12. The third kappa shape index (κ3) is 8.20. The summed E-state index contributed by atoms with van der Waals surface area (Å²) in [5, 5.41) is 12.9. The molecule has 1 unspecified atom stereocenters. The van der Waals surface area contributed by atoms with Gasteiger partial charge in [-0.05, 0) is 54.2 Å². The van der Waals surface area contributed by atoms with Crippen LogP contribution in [0.5, 0.6) is 5.88 Å². The average Bonchev–Trinajstić information content (AvgIpc) is 3.36. The summed E-state index contributed by atoms with van der Waals surface area (Å²) in [5.74, 6) is 0.458. The number of amides is 2. The number of hydrogen-bond donors (Lipinski definition) is 2. The fourth-order valence-corrected chi connectivity index (χ4v) is 4.82. The van der Waals surface area contributed by atoms with Gasteiger partial charge in [0.1, 0.15) is 18.5 Å². The van der Waals surface area contributed by atoms with E-state index in [-0.39, 0.29) is 26.3 Å². The first kappa shape index (κ1) is 28.9. The van der Waals surface area contributed by atoms with Crippen LogP contribution >= 0.6 is 0 Å². The van der Waals surface area contributed by atoms with Gasteiger partial charge in [-0.1, -0.05) is 6.07 Å². The van der Waals surface area contributed by atoms with E-state index in [4.69, 9.17) is 14.2 Å². The van der Waals surface area contributed by atoms with E-state index < -0.39 is 30.7 Å². The second-order valence-electron chi connectivity index (χ2n) is 9.95. The molecule has 39 heavy (non-hydrogen) atoms. The molecule has 2 aliphatic heterocycles. The smallest absolute Gasteiger partial charge is 0.389 e. The lowest BCUT2D eigenvalue weighted by atomic mass is 10.0. The lowest BCUT2D eigenvalue weighted by Crippen LogP contribution is -2.36. The van der Waals surface area contributed by atoms with Crippen molar-refractivity contribution in [3.63, 3.8) is 0 Å². The molecule has 12 heteroatoms. The first-order valence-electron chi connectivity index (χ1n) is 13.0. The molecule has 0 bridgehead atoms. The zero-order valence-electron chi connectivity index (χ0n) is 22.2. The maximum Gasteiger partial charge on any atom is 0.389 e. The second kappa shape index (κ2) is 12.8. The summed E-state index contributed by atoms with van der Waals surface area (Å²) >= 11 is 0. The van der Waals surface area contributed by atoms with Gasteiger partial charge in [0.25, 0.3) is 0 Å². The van der Waals surface area contributed by atoms with Crippen molar-refractivity contribution in [3.05, 3.63) is 35.9 Å².